The van der Waals surface area contributed by atoms with Crippen molar-refractivity contribution >= 4 is 16.8 Å². The van der Waals surface area contributed by atoms with Crippen molar-refractivity contribution in [2.45, 2.75) is 13.8 Å². The molecule has 0 saturated carbocycles. The maximum absolute atomic E-state index is 5.40. The third kappa shape index (κ3) is 5.91. The highest BCUT2D eigenvalue weighted by Crippen LogP contribution is 2.30. The van der Waals surface area contributed by atoms with E-state index in [1.165, 1.54) is 33.5 Å². The topological polar surface area (TPSA) is 12.5 Å². The van der Waals surface area contributed by atoms with E-state index in [-0.39, 0.29) is 0 Å². The standard InChI is InChI=1S/C33H33NO/c1-4-34(5-2)30-20-16-28(17-21-30)33(29-18-22-31(35-3)23-19-29)25-24-32(26-12-8-6-9-13-26)27-14-10-7-11-15-27/h6-25H,4-5H2,1-3H3/b33-25-. The van der Waals surface area contributed by atoms with E-state index in [2.05, 4.69) is 128 Å². The normalized spacial score (nSPS) is 11.1. The summed E-state index contributed by atoms with van der Waals surface area (Å²) in [5.74, 6) is 0.856. The van der Waals surface area contributed by atoms with E-state index < -0.39 is 0 Å². The summed E-state index contributed by atoms with van der Waals surface area (Å²) in [6.45, 7) is 6.38. The molecule has 0 atom stereocenters. The molecule has 4 aromatic rings. The number of nitrogens with zero attached hydrogens (tertiary/aromatic N) is 1. The molecule has 0 aliphatic heterocycles. The Morgan fingerprint density at radius 1 is 0.571 bits per heavy atom. The van der Waals surface area contributed by atoms with Gasteiger partial charge in [0.25, 0.3) is 0 Å². The Morgan fingerprint density at radius 3 is 1.37 bits per heavy atom. The zero-order chi connectivity index (χ0) is 24.5. The average Bonchev–Trinajstić information content (AvgIpc) is 2.93. The van der Waals surface area contributed by atoms with E-state index in [0.29, 0.717) is 0 Å². The van der Waals surface area contributed by atoms with Gasteiger partial charge in [0.2, 0.25) is 0 Å². The number of hydrogen-bond acceptors (Lipinski definition) is 2. The Hall–Kier alpha value is -4.04. The molecule has 0 saturated heterocycles. The summed E-state index contributed by atoms with van der Waals surface area (Å²) in [5, 5.41) is 0. The van der Waals surface area contributed by atoms with Gasteiger partial charge in [-0.2, -0.15) is 0 Å². The zero-order valence-electron chi connectivity index (χ0n) is 20.8. The maximum Gasteiger partial charge on any atom is 0.118 e. The Morgan fingerprint density at radius 2 is 0.971 bits per heavy atom. The second-order valence-corrected chi connectivity index (χ2v) is 8.34. The lowest BCUT2D eigenvalue weighted by molar-refractivity contribution is 0.415. The first kappa shape index (κ1) is 24.1. The predicted molar refractivity (Wildman–Crippen MR) is 150 cm³/mol. The predicted octanol–water partition coefficient (Wildman–Crippen LogP) is 8.11. The van der Waals surface area contributed by atoms with Crippen LogP contribution in [0.3, 0.4) is 0 Å². The Labute approximate surface area is 209 Å². The van der Waals surface area contributed by atoms with Crippen molar-refractivity contribution < 1.29 is 4.74 Å². The number of benzene rings is 4. The average molecular weight is 460 g/mol. The lowest BCUT2D eigenvalue weighted by Gasteiger charge is -2.21. The lowest BCUT2D eigenvalue weighted by atomic mass is 9.94. The Bertz CT molecular complexity index is 1210. The van der Waals surface area contributed by atoms with Crippen LogP contribution in [-0.4, -0.2) is 20.2 Å². The van der Waals surface area contributed by atoms with Gasteiger partial charge in [0.1, 0.15) is 5.75 Å². The van der Waals surface area contributed by atoms with Crippen molar-refractivity contribution in [3.63, 3.8) is 0 Å². The van der Waals surface area contributed by atoms with Gasteiger partial charge in [-0.3, -0.25) is 0 Å². The Kier molecular flexibility index (Phi) is 8.19. The first-order valence-electron chi connectivity index (χ1n) is 12.3. The molecule has 0 aliphatic carbocycles. The quantitative estimate of drug-likeness (QED) is 0.234. The molecule has 0 heterocycles. The van der Waals surface area contributed by atoms with E-state index in [9.17, 15) is 0 Å². The lowest BCUT2D eigenvalue weighted by Crippen LogP contribution is -2.21. The van der Waals surface area contributed by atoms with Crippen LogP contribution in [0.25, 0.3) is 11.1 Å². The summed E-state index contributed by atoms with van der Waals surface area (Å²) >= 11 is 0. The van der Waals surface area contributed by atoms with E-state index in [1.54, 1.807) is 7.11 Å². The van der Waals surface area contributed by atoms with Gasteiger partial charge in [-0.1, -0.05) is 97.1 Å². The van der Waals surface area contributed by atoms with Gasteiger partial charge in [0.15, 0.2) is 0 Å². The van der Waals surface area contributed by atoms with Crippen LogP contribution in [0, 0.1) is 0 Å². The van der Waals surface area contributed by atoms with Crippen LogP contribution in [0.5, 0.6) is 5.75 Å². The summed E-state index contributed by atoms with van der Waals surface area (Å²) < 4.78 is 5.40. The van der Waals surface area contributed by atoms with Crippen molar-refractivity contribution in [3.8, 4) is 5.75 Å². The van der Waals surface area contributed by atoms with Crippen molar-refractivity contribution in [2.75, 3.05) is 25.1 Å². The molecule has 0 radical (unpaired) electrons. The van der Waals surface area contributed by atoms with Gasteiger partial charge in [0, 0.05) is 18.8 Å². The highest BCUT2D eigenvalue weighted by molar-refractivity contribution is 5.86. The third-order valence-corrected chi connectivity index (χ3v) is 6.29. The fourth-order valence-electron chi connectivity index (χ4n) is 4.33. The van der Waals surface area contributed by atoms with Crippen molar-refractivity contribution in [1.82, 2.24) is 0 Å². The summed E-state index contributed by atoms with van der Waals surface area (Å²) in [4.78, 5) is 2.36. The second-order valence-electron chi connectivity index (χ2n) is 8.34. The smallest absolute Gasteiger partial charge is 0.118 e. The van der Waals surface area contributed by atoms with Gasteiger partial charge in [-0.15, -0.1) is 0 Å². The fourth-order valence-corrected chi connectivity index (χ4v) is 4.33. The van der Waals surface area contributed by atoms with Gasteiger partial charge in [-0.25, -0.2) is 0 Å². The highest BCUT2D eigenvalue weighted by atomic mass is 16.5. The molecular weight excluding hydrogens is 426 g/mol. The fraction of sp³-hybridized carbons (Fsp3) is 0.152. The first-order chi connectivity index (χ1) is 17.2. The van der Waals surface area contributed by atoms with Crippen LogP contribution in [0.4, 0.5) is 5.69 Å². The molecule has 0 aliphatic rings. The number of anilines is 1. The molecule has 2 nitrogen and oxygen atoms in total. The molecule has 0 fully saturated rings. The van der Waals surface area contributed by atoms with E-state index >= 15 is 0 Å². The van der Waals surface area contributed by atoms with Crippen LogP contribution >= 0.6 is 0 Å². The van der Waals surface area contributed by atoms with Crippen LogP contribution in [-0.2, 0) is 0 Å². The highest BCUT2D eigenvalue weighted by Gasteiger charge is 2.09. The maximum atomic E-state index is 5.40. The van der Waals surface area contributed by atoms with E-state index in [4.69, 9.17) is 4.74 Å². The Balaban J connectivity index is 1.83. The summed E-state index contributed by atoms with van der Waals surface area (Å²) in [6, 6.07) is 38.3. The molecule has 0 amide bonds. The van der Waals surface area contributed by atoms with Crippen LogP contribution in [0.2, 0.25) is 0 Å². The molecule has 4 aromatic carbocycles. The summed E-state index contributed by atoms with van der Waals surface area (Å²) in [5.41, 5.74) is 8.33. The van der Waals surface area contributed by atoms with Crippen LogP contribution in [0.1, 0.15) is 36.1 Å². The molecular formula is C33H33NO. The molecule has 0 unspecified atom stereocenters. The molecule has 35 heavy (non-hydrogen) atoms. The molecule has 2 heteroatoms. The van der Waals surface area contributed by atoms with Gasteiger partial charge >= 0.3 is 0 Å². The van der Waals surface area contributed by atoms with Gasteiger partial charge < -0.3 is 9.64 Å². The number of hydrogen-bond donors (Lipinski definition) is 0. The monoisotopic (exact) mass is 459 g/mol. The minimum atomic E-state index is 0.856. The van der Waals surface area contributed by atoms with Crippen LogP contribution < -0.4 is 9.64 Å². The summed E-state index contributed by atoms with van der Waals surface area (Å²) in [7, 11) is 1.70. The SMILES string of the molecule is CCN(CC)c1ccc(/C(=C/C=C(c2ccccc2)c2ccccc2)c2ccc(OC)cc2)cc1. The molecule has 4 rings (SSSR count). The molecule has 0 bridgehead atoms. The zero-order valence-corrected chi connectivity index (χ0v) is 20.8. The first-order valence-corrected chi connectivity index (χ1v) is 12.3. The summed E-state index contributed by atoms with van der Waals surface area (Å²) in [6.07, 6.45) is 4.48. The minimum absolute atomic E-state index is 0.856. The minimum Gasteiger partial charge on any atom is -0.497 e. The van der Waals surface area contributed by atoms with E-state index in [1.807, 2.05) is 12.1 Å². The van der Waals surface area contributed by atoms with E-state index in [0.717, 1.165) is 24.4 Å². The number of methoxy groups -OCH3 is 1. The molecule has 0 N–H and O–H groups in total. The number of ether oxygens (including phenoxy) is 1. The van der Waals surface area contributed by atoms with Crippen molar-refractivity contribution in [2.24, 2.45) is 0 Å². The van der Waals surface area contributed by atoms with Crippen LogP contribution in [0.15, 0.2) is 121 Å². The molecule has 0 aromatic heterocycles. The van der Waals surface area contributed by atoms with Crippen molar-refractivity contribution in [3.05, 3.63) is 144 Å². The van der Waals surface area contributed by atoms with Gasteiger partial charge in [0.05, 0.1) is 7.11 Å². The largest absolute Gasteiger partial charge is 0.497 e. The third-order valence-electron chi connectivity index (χ3n) is 6.29. The number of allylic oxidation sites excluding steroid dienone is 2. The van der Waals surface area contributed by atoms with Crippen molar-refractivity contribution in [1.29, 1.82) is 0 Å². The van der Waals surface area contributed by atoms with Gasteiger partial charge in [-0.05, 0) is 71.5 Å². The molecule has 176 valence electrons. The number of rotatable bonds is 9. The molecule has 0 spiro atoms. The second kappa shape index (κ2) is 11.9.